The van der Waals surface area contributed by atoms with Crippen molar-refractivity contribution in [1.29, 1.82) is 0 Å². The van der Waals surface area contributed by atoms with E-state index in [1.54, 1.807) is 0 Å². The normalized spacial score (nSPS) is 28.4. The van der Waals surface area contributed by atoms with Crippen LogP contribution in [0.15, 0.2) is 12.4 Å². The number of aromatic nitrogens is 2. The van der Waals surface area contributed by atoms with Crippen LogP contribution in [0.25, 0.3) is 0 Å². The SMILES string of the molecule is CC(N(C)C(=O)[C@H]1CNC[C@@H]1c1cnn(C)c1)C1(C)CC1. The number of aryl methyl sites for hydroxylation is 1. The van der Waals surface area contributed by atoms with Gasteiger partial charge in [0.15, 0.2) is 0 Å². The predicted octanol–water partition coefficient (Wildman–Crippen LogP) is 1.37. The summed E-state index contributed by atoms with van der Waals surface area (Å²) in [6.45, 7) is 6.10. The van der Waals surface area contributed by atoms with Crippen LogP contribution in [0.1, 0.15) is 38.2 Å². The molecule has 5 nitrogen and oxygen atoms in total. The molecule has 2 heterocycles. The van der Waals surface area contributed by atoms with E-state index in [0.29, 0.717) is 11.5 Å². The molecule has 1 saturated carbocycles. The Kier molecular flexibility index (Phi) is 3.56. The van der Waals surface area contributed by atoms with E-state index in [1.165, 1.54) is 18.4 Å². The van der Waals surface area contributed by atoms with Gasteiger partial charge in [0.1, 0.15) is 0 Å². The molecule has 1 saturated heterocycles. The average molecular weight is 290 g/mol. The molecule has 1 aromatic rings. The van der Waals surface area contributed by atoms with Gasteiger partial charge in [-0.2, -0.15) is 5.10 Å². The van der Waals surface area contributed by atoms with Crippen LogP contribution in [0.4, 0.5) is 0 Å². The van der Waals surface area contributed by atoms with Gasteiger partial charge in [-0.3, -0.25) is 9.48 Å². The molecule has 5 heteroatoms. The molecule has 1 amide bonds. The van der Waals surface area contributed by atoms with Gasteiger partial charge in [0, 0.05) is 45.3 Å². The van der Waals surface area contributed by atoms with Crippen LogP contribution in [0.5, 0.6) is 0 Å². The first-order chi connectivity index (χ1) is 9.92. The fourth-order valence-corrected chi connectivity index (χ4v) is 3.45. The summed E-state index contributed by atoms with van der Waals surface area (Å²) < 4.78 is 1.81. The van der Waals surface area contributed by atoms with Crippen molar-refractivity contribution < 1.29 is 4.79 Å². The van der Waals surface area contributed by atoms with E-state index >= 15 is 0 Å². The summed E-state index contributed by atoms with van der Waals surface area (Å²) >= 11 is 0. The minimum absolute atomic E-state index is 0.0315. The van der Waals surface area contributed by atoms with E-state index in [0.717, 1.165) is 13.1 Å². The van der Waals surface area contributed by atoms with Crippen molar-refractivity contribution in [2.24, 2.45) is 18.4 Å². The van der Waals surface area contributed by atoms with Crippen molar-refractivity contribution in [3.63, 3.8) is 0 Å². The van der Waals surface area contributed by atoms with Crippen molar-refractivity contribution in [3.8, 4) is 0 Å². The van der Waals surface area contributed by atoms with E-state index in [2.05, 4.69) is 24.3 Å². The summed E-state index contributed by atoms with van der Waals surface area (Å²) in [7, 11) is 3.89. The molecule has 1 unspecified atom stereocenters. The summed E-state index contributed by atoms with van der Waals surface area (Å²) in [5, 5.41) is 7.62. The zero-order valence-electron chi connectivity index (χ0n) is 13.5. The lowest BCUT2D eigenvalue weighted by Gasteiger charge is -2.33. The van der Waals surface area contributed by atoms with Crippen molar-refractivity contribution in [1.82, 2.24) is 20.0 Å². The number of nitrogens with zero attached hydrogens (tertiary/aromatic N) is 3. The maximum absolute atomic E-state index is 12.9. The monoisotopic (exact) mass is 290 g/mol. The lowest BCUT2D eigenvalue weighted by Crippen LogP contribution is -2.44. The Balaban J connectivity index is 1.74. The molecular formula is C16H26N4O. The minimum atomic E-state index is 0.0315. The zero-order valence-corrected chi connectivity index (χ0v) is 13.5. The summed E-state index contributed by atoms with van der Waals surface area (Å²) in [6.07, 6.45) is 6.40. The minimum Gasteiger partial charge on any atom is -0.342 e. The Bertz CT molecular complexity index is 534. The Hall–Kier alpha value is -1.36. The molecule has 1 aliphatic carbocycles. The first-order valence-corrected chi connectivity index (χ1v) is 7.88. The van der Waals surface area contributed by atoms with Gasteiger partial charge in [-0.15, -0.1) is 0 Å². The highest BCUT2D eigenvalue weighted by Crippen LogP contribution is 2.49. The van der Waals surface area contributed by atoms with Gasteiger partial charge in [0.2, 0.25) is 5.91 Å². The molecule has 3 rings (SSSR count). The lowest BCUT2D eigenvalue weighted by molar-refractivity contribution is -0.137. The van der Waals surface area contributed by atoms with Gasteiger partial charge < -0.3 is 10.2 Å². The van der Waals surface area contributed by atoms with Gasteiger partial charge in [-0.25, -0.2) is 0 Å². The second kappa shape index (κ2) is 5.13. The molecule has 2 aliphatic rings. The molecule has 0 spiro atoms. The maximum Gasteiger partial charge on any atom is 0.227 e. The molecular weight excluding hydrogens is 264 g/mol. The van der Waals surface area contributed by atoms with E-state index in [-0.39, 0.29) is 17.7 Å². The average Bonchev–Trinajstić information content (AvgIpc) is 2.91. The van der Waals surface area contributed by atoms with Crippen LogP contribution in [0.3, 0.4) is 0 Å². The first-order valence-electron chi connectivity index (χ1n) is 7.88. The second-order valence-electron chi connectivity index (χ2n) is 7.10. The molecule has 116 valence electrons. The Morgan fingerprint density at radius 2 is 2.24 bits per heavy atom. The number of nitrogens with one attached hydrogen (secondary N) is 1. The smallest absolute Gasteiger partial charge is 0.227 e. The fourth-order valence-electron chi connectivity index (χ4n) is 3.45. The van der Waals surface area contributed by atoms with Gasteiger partial charge >= 0.3 is 0 Å². The van der Waals surface area contributed by atoms with Gasteiger partial charge in [-0.1, -0.05) is 6.92 Å². The zero-order chi connectivity index (χ0) is 15.2. The van der Waals surface area contributed by atoms with Gasteiger partial charge in [-0.05, 0) is 30.7 Å². The summed E-state index contributed by atoms with van der Waals surface area (Å²) in [5.41, 5.74) is 1.50. The lowest BCUT2D eigenvalue weighted by atomic mass is 9.88. The molecule has 1 aliphatic heterocycles. The van der Waals surface area contributed by atoms with Crippen molar-refractivity contribution >= 4 is 5.91 Å². The molecule has 2 fully saturated rings. The first kappa shape index (κ1) is 14.6. The van der Waals surface area contributed by atoms with Crippen LogP contribution in [0, 0.1) is 11.3 Å². The standard InChI is InChI=1S/C16H26N4O/c1-11(16(2)5-6-16)20(4)15(21)14-9-17-8-13(14)12-7-18-19(3)10-12/h7,10-11,13-14,17H,5-6,8-9H2,1-4H3/t11?,13-,14+/m1/s1. The van der Waals surface area contributed by atoms with Crippen LogP contribution in [-0.4, -0.2) is 46.8 Å². The third kappa shape index (κ3) is 2.59. The van der Waals surface area contributed by atoms with Crippen molar-refractivity contribution in [2.75, 3.05) is 20.1 Å². The molecule has 1 N–H and O–H groups in total. The second-order valence-corrected chi connectivity index (χ2v) is 7.10. The van der Waals surface area contributed by atoms with Crippen LogP contribution in [-0.2, 0) is 11.8 Å². The van der Waals surface area contributed by atoms with Gasteiger partial charge in [0.25, 0.3) is 0 Å². The van der Waals surface area contributed by atoms with Gasteiger partial charge in [0.05, 0.1) is 12.1 Å². The summed E-state index contributed by atoms with van der Waals surface area (Å²) in [6, 6.07) is 0.320. The van der Waals surface area contributed by atoms with E-state index in [9.17, 15) is 4.79 Å². The maximum atomic E-state index is 12.9. The Morgan fingerprint density at radius 3 is 2.81 bits per heavy atom. The van der Waals surface area contributed by atoms with Crippen LogP contribution in [0.2, 0.25) is 0 Å². The topological polar surface area (TPSA) is 50.2 Å². The van der Waals surface area contributed by atoms with E-state index < -0.39 is 0 Å². The highest BCUT2D eigenvalue weighted by Gasteiger charge is 2.47. The predicted molar refractivity (Wildman–Crippen MR) is 81.9 cm³/mol. The molecule has 1 aromatic heterocycles. The number of hydrogen-bond acceptors (Lipinski definition) is 3. The quantitative estimate of drug-likeness (QED) is 0.911. The number of amides is 1. The van der Waals surface area contributed by atoms with Crippen molar-refractivity contribution in [3.05, 3.63) is 18.0 Å². The van der Waals surface area contributed by atoms with E-state index in [1.807, 2.05) is 36.1 Å². The number of carbonyl (C=O) groups excluding carboxylic acids is 1. The highest BCUT2D eigenvalue weighted by atomic mass is 16.2. The third-order valence-corrected chi connectivity index (χ3v) is 5.66. The van der Waals surface area contributed by atoms with Crippen LogP contribution < -0.4 is 5.32 Å². The number of carbonyl (C=O) groups is 1. The van der Waals surface area contributed by atoms with Crippen LogP contribution >= 0.6 is 0 Å². The van der Waals surface area contributed by atoms with E-state index in [4.69, 9.17) is 0 Å². The number of rotatable bonds is 4. The highest BCUT2D eigenvalue weighted by molar-refractivity contribution is 5.80. The molecule has 0 bridgehead atoms. The summed E-state index contributed by atoms with van der Waals surface area (Å²) in [5.74, 6) is 0.548. The Labute approximate surface area is 126 Å². The van der Waals surface area contributed by atoms with Crippen molar-refractivity contribution in [2.45, 2.75) is 38.6 Å². The molecule has 0 radical (unpaired) electrons. The largest absolute Gasteiger partial charge is 0.342 e. The molecule has 3 atom stereocenters. The number of hydrogen-bond donors (Lipinski definition) is 1. The molecule has 21 heavy (non-hydrogen) atoms. The Morgan fingerprint density at radius 1 is 1.52 bits per heavy atom. The third-order valence-electron chi connectivity index (χ3n) is 5.66. The summed E-state index contributed by atoms with van der Waals surface area (Å²) in [4.78, 5) is 14.9. The fraction of sp³-hybridized carbons (Fsp3) is 0.750. The molecule has 0 aromatic carbocycles.